The number of fused-ring (bicyclic) bond motifs is 1. The van der Waals surface area contributed by atoms with Crippen molar-refractivity contribution in [3.63, 3.8) is 0 Å². The number of amides is 3. The SMILES string of the molecule is COc1ccccc1NC(=O)NN1Cc2[nH]nc(NC(C)=O)c2C1c1ccc(N2CCCC2)cc1. The van der Waals surface area contributed by atoms with Crippen molar-refractivity contribution in [1.29, 1.82) is 0 Å². The second kappa shape index (κ2) is 9.67. The van der Waals surface area contributed by atoms with Crippen LogP contribution in [0.3, 0.4) is 0 Å². The fourth-order valence-electron chi connectivity index (χ4n) is 4.80. The van der Waals surface area contributed by atoms with Gasteiger partial charge in [0.15, 0.2) is 5.82 Å². The molecule has 1 aromatic heterocycles. The molecule has 0 spiro atoms. The molecule has 182 valence electrons. The first-order chi connectivity index (χ1) is 17.0. The number of aromatic nitrogens is 2. The number of hydrazine groups is 1. The van der Waals surface area contributed by atoms with Gasteiger partial charge in [0.1, 0.15) is 5.75 Å². The number of carbonyl (C=O) groups is 2. The molecular weight excluding hydrogens is 446 g/mol. The van der Waals surface area contributed by atoms with E-state index < -0.39 is 6.03 Å². The van der Waals surface area contributed by atoms with Crippen molar-refractivity contribution < 1.29 is 14.3 Å². The second-order valence-electron chi connectivity index (χ2n) is 8.73. The van der Waals surface area contributed by atoms with Crippen LogP contribution in [0.2, 0.25) is 0 Å². The van der Waals surface area contributed by atoms with E-state index in [0.717, 1.165) is 29.9 Å². The van der Waals surface area contributed by atoms with Crippen LogP contribution in [0, 0.1) is 0 Å². The summed E-state index contributed by atoms with van der Waals surface area (Å²) in [5, 5.41) is 14.8. The number of nitrogens with zero attached hydrogens (tertiary/aromatic N) is 3. The number of hydrogen-bond acceptors (Lipinski definition) is 6. The molecule has 2 aromatic carbocycles. The molecule has 2 aliphatic heterocycles. The molecular formula is C25H29N7O3. The Balaban J connectivity index is 1.42. The summed E-state index contributed by atoms with van der Waals surface area (Å²) in [5.41, 5.74) is 7.38. The van der Waals surface area contributed by atoms with Crippen LogP contribution in [-0.4, -0.2) is 47.3 Å². The summed E-state index contributed by atoms with van der Waals surface area (Å²) >= 11 is 0. The lowest BCUT2D eigenvalue weighted by atomic mass is 10.0. The molecule has 1 saturated heterocycles. The van der Waals surface area contributed by atoms with E-state index in [1.165, 1.54) is 25.5 Å². The molecule has 3 aromatic rings. The van der Waals surface area contributed by atoms with Crippen molar-refractivity contribution in [2.75, 3.05) is 35.7 Å². The minimum absolute atomic E-state index is 0.206. The first-order valence-electron chi connectivity index (χ1n) is 11.7. The van der Waals surface area contributed by atoms with Crippen LogP contribution in [0.25, 0.3) is 0 Å². The van der Waals surface area contributed by atoms with E-state index in [2.05, 4.69) is 55.4 Å². The minimum Gasteiger partial charge on any atom is -0.495 e. The van der Waals surface area contributed by atoms with Crippen LogP contribution in [0.5, 0.6) is 5.75 Å². The summed E-state index contributed by atoms with van der Waals surface area (Å²) in [6.07, 6.45) is 2.42. The van der Waals surface area contributed by atoms with Crippen LogP contribution < -0.4 is 25.7 Å². The molecule has 2 aliphatic rings. The Morgan fingerprint density at radius 3 is 2.51 bits per heavy atom. The molecule has 1 unspecified atom stereocenters. The highest BCUT2D eigenvalue weighted by atomic mass is 16.5. The lowest BCUT2D eigenvalue weighted by Crippen LogP contribution is -2.43. The largest absolute Gasteiger partial charge is 0.495 e. The summed E-state index contributed by atoms with van der Waals surface area (Å²) in [6, 6.07) is 14.9. The monoisotopic (exact) mass is 475 g/mol. The lowest BCUT2D eigenvalue weighted by molar-refractivity contribution is -0.114. The Hall–Kier alpha value is -4.05. The molecule has 10 nitrogen and oxygen atoms in total. The van der Waals surface area contributed by atoms with E-state index in [1.54, 1.807) is 19.2 Å². The highest BCUT2D eigenvalue weighted by Crippen LogP contribution is 2.41. The first-order valence-corrected chi connectivity index (χ1v) is 11.7. The van der Waals surface area contributed by atoms with Crippen molar-refractivity contribution in [3.05, 3.63) is 65.4 Å². The minimum atomic E-state index is -0.396. The average Bonchev–Trinajstić information content (AvgIpc) is 3.58. The number of methoxy groups -OCH3 is 1. The van der Waals surface area contributed by atoms with Gasteiger partial charge in [-0.1, -0.05) is 24.3 Å². The predicted molar refractivity (Wildman–Crippen MR) is 133 cm³/mol. The Labute approximate surface area is 203 Å². The molecule has 5 rings (SSSR count). The quantitative estimate of drug-likeness (QED) is 0.433. The van der Waals surface area contributed by atoms with Crippen LogP contribution in [0.15, 0.2) is 48.5 Å². The first kappa shape index (κ1) is 22.7. The van der Waals surface area contributed by atoms with E-state index in [9.17, 15) is 9.59 Å². The van der Waals surface area contributed by atoms with Crippen LogP contribution in [0.1, 0.15) is 42.6 Å². The van der Waals surface area contributed by atoms with Crippen molar-refractivity contribution >= 4 is 29.1 Å². The van der Waals surface area contributed by atoms with E-state index in [0.29, 0.717) is 23.8 Å². The molecule has 1 atom stereocenters. The Kier molecular flexibility index (Phi) is 6.28. The fourth-order valence-corrected chi connectivity index (χ4v) is 4.80. The number of H-pyrrole nitrogens is 1. The zero-order chi connectivity index (χ0) is 24.4. The number of benzene rings is 2. The van der Waals surface area contributed by atoms with Gasteiger partial charge in [0.25, 0.3) is 0 Å². The van der Waals surface area contributed by atoms with Gasteiger partial charge in [0.05, 0.1) is 31.1 Å². The van der Waals surface area contributed by atoms with Crippen molar-refractivity contribution in [2.45, 2.75) is 32.4 Å². The standard InChI is InChI=1S/C25H29N7O3/c1-16(33)26-24-22-20(28-29-24)15-32(30-25(34)27-19-7-3-4-8-21(19)35-2)23(22)17-9-11-18(12-10-17)31-13-5-6-14-31/h3-4,7-12,23H,5-6,13-15H2,1-2H3,(H2,27,30,34)(H2,26,28,29,33). The third kappa shape index (κ3) is 4.65. The van der Waals surface area contributed by atoms with Crippen LogP contribution >= 0.6 is 0 Å². The summed E-state index contributed by atoms with van der Waals surface area (Å²) in [7, 11) is 1.56. The lowest BCUT2D eigenvalue weighted by Gasteiger charge is -2.27. The van der Waals surface area contributed by atoms with Gasteiger partial charge in [-0.3, -0.25) is 15.3 Å². The number of hydrogen-bond donors (Lipinski definition) is 4. The van der Waals surface area contributed by atoms with Gasteiger partial charge in [-0.05, 0) is 42.7 Å². The second-order valence-corrected chi connectivity index (χ2v) is 8.73. The fraction of sp³-hybridized carbons (Fsp3) is 0.320. The highest BCUT2D eigenvalue weighted by molar-refractivity contribution is 5.91. The number of carbonyl (C=O) groups excluding carboxylic acids is 2. The number of ether oxygens (including phenoxy) is 1. The number of nitrogens with one attached hydrogen (secondary N) is 4. The highest BCUT2D eigenvalue weighted by Gasteiger charge is 2.37. The molecule has 0 aliphatic carbocycles. The van der Waals surface area contributed by atoms with Crippen LogP contribution in [-0.2, 0) is 11.3 Å². The van der Waals surface area contributed by atoms with Gasteiger partial charge in [-0.15, -0.1) is 0 Å². The maximum absolute atomic E-state index is 13.0. The van der Waals surface area contributed by atoms with Crippen molar-refractivity contribution in [1.82, 2.24) is 20.6 Å². The third-order valence-electron chi connectivity index (χ3n) is 6.37. The van der Waals surface area contributed by atoms with Crippen molar-refractivity contribution in [2.24, 2.45) is 0 Å². The van der Waals surface area contributed by atoms with Gasteiger partial charge in [0.2, 0.25) is 5.91 Å². The molecule has 35 heavy (non-hydrogen) atoms. The molecule has 0 bridgehead atoms. The van der Waals surface area contributed by atoms with Gasteiger partial charge in [-0.2, -0.15) is 5.10 Å². The van der Waals surface area contributed by atoms with E-state index >= 15 is 0 Å². The van der Waals surface area contributed by atoms with E-state index in [1.807, 2.05) is 17.1 Å². The number of aromatic amines is 1. The van der Waals surface area contributed by atoms with Gasteiger partial charge < -0.3 is 20.3 Å². The summed E-state index contributed by atoms with van der Waals surface area (Å²) in [4.78, 5) is 27.1. The number of rotatable bonds is 6. The van der Waals surface area contributed by atoms with Gasteiger partial charge in [0, 0.05) is 31.3 Å². The molecule has 0 radical (unpaired) electrons. The van der Waals surface area contributed by atoms with E-state index in [-0.39, 0.29) is 11.9 Å². The molecule has 1 fully saturated rings. The maximum Gasteiger partial charge on any atom is 0.333 e. The summed E-state index contributed by atoms with van der Waals surface area (Å²) < 4.78 is 5.34. The van der Waals surface area contributed by atoms with Gasteiger partial charge in [-0.25, -0.2) is 9.80 Å². The zero-order valence-electron chi connectivity index (χ0n) is 19.8. The number of urea groups is 1. The molecule has 3 amide bonds. The predicted octanol–water partition coefficient (Wildman–Crippen LogP) is 3.62. The molecule has 0 saturated carbocycles. The maximum atomic E-state index is 13.0. The van der Waals surface area contributed by atoms with Crippen molar-refractivity contribution in [3.8, 4) is 5.75 Å². The number of para-hydroxylation sites is 2. The molecule has 4 N–H and O–H groups in total. The summed E-state index contributed by atoms with van der Waals surface area (Å²) in [5.74, 6) is 0.832. The normalized spacial score (nSPS) is 17.2. The Morgan fingerprint density at radius 2 is 1.80 bits per heavy atom. The van der Waals surface area contributed by atoms with Crippen LogP contribution in [0.4, 0.5) is 22.0 Å². The Bertz CT molecular complexity index is 1220. The number of anilines is 3. The Morgan fingerprint density at radius 1 is 1.06 bits per heavy atom. The molecule has 10 heteroatoms. The summed E-state index contributed by atoms with van der Waals surface area (Å²) in [6.45, 7) is 3.99. The zero-order valence-corrected chi connectivity index (χ0v) is 19.8. The molecule has 3 heterocycles. The topological polar surface area (TPSA) is 115 Å². The average molecular weight is 476 g/mol. The van der Waals surface area contributed by atoms with E-state index in [4.69, 9.17) is 4.74 Å². The smallest absolute Gasteiger partial charge is 0.333 e. The third-order valence-corrected chi connectivity index (χ3v) is 6.37. The van der Waals surface area contributed by atoms with Gasteiger partial charge >= 0.3 is 6.03 Å².